The first kappa shape index (κ1) is 15.9. The first-order chi connectivity index (χ1) is 11.0. The van der Waals surface area contributed by atoms with E-state index in [1.165, 1.54) is 24.3 Å². The van der Waals surface area contributed by atoms with Crippen LogP contribution in [0.2, 0.25) is 10.0 Å². The average molecular weight is 351 g/mol. The second-order valence-electron chi connectivity index (χ2n) is 4.94. The topological polar surface area (TPSA) is 55.8 Å². The molecule has 3 rings (SSSR count). The van der Waals surface area contributed by atoms with E-state index in [0.29, 0.717) is 22.4 Å². The third-order valence-electron chi connectivity index (χ3n) is 3.39. The maximum Gasteiger partial charge on any atom is 0.189 e. The molecule has 1 heterocycles. The Kier molecular flexibility index (Phi) is 4.57. The monoisotopic (exact) mass is 350 g/mol. The Balaban J connectivity index is 1.92. The van der Waals surface area contributed by atoms with Crippen LogP contribution >= 0.6 is 23.2 Å². The molecule has 6 heteroatoms. The molecule has 0 saturated carbocycles. The molecule has 0 spiro atoms. The van der Waals surface area contributed by atoms with Crippen LogP contribution in [0.15, 0.2) is 36.4 Å². The molecular weight excluding hydrogens is 339 g/mol. The number of hydrogen-bond donors (Lipinski definition) is 1. The van der Waals surface area contributed by atoms with Crippen molar-refractivity contribution in [1.29, 1.82) is 0 Å². The molecule has 1 aliphatic heterocycles. The van der Waals surface area contributed by atoms with E-state index in [1.54, 1.807) is 18.2 Å². The molecular formula is C17H12Cl2O4. The van der Waals surface area contributed by atoms with Gasteiger partial charge in [-0.05, 0) is 42.0 Å². The van der Waals surface area contributed by atoms with Gasteiger partial charge in [-0.25, -0.2) is 0 Å². The summed E-state index contributed by atoms with van der Waals surface area (Å²) in [7, 11) is 0. The minimum absolute atomic E-state index is 0.121. The minimum Gasteiger partial charge on any atom is -0.507 e. The van der Waals surface area contributed by atoms with Gasteiger partial charge in [-0.15, -0.1) is 0 Å². The third kappa shape index (κ3) is 3.50. The number of phenolic OH excluding ortho intramolecular Hbond substituents is 1. The summed E-state index contributed by atoms with van der Waals surface area (Å²) >= 11 is 11.9. The van der Waals surface area contributed by atoms with Gasteiger partial charge in [0.15, 0.2) is 12.6 Å². The number of ketones is 1. The Morgan fingerprint density at radius 2 is 2.00 bits per heavy atom. The SMILES string of the molecule is O=C(/C=C/c1cc(Cl)cc2c1COCO2)c1cc(Cl)ccc1O. The molecule has 23 heavy (non-hydrogen) atoms. The molecule has 118 valence electrons. The highest BCUT2D eigenvalue weighted by atomic mass is 35.5. The van der Waals surface area contributed by atoms with Crippen molar-refractivity contribution < 1.29 is 19.4 Å². The number of fused-ring (bicyclic) bond motifs is 1. The van der Waals surface area contributed by atoms with E-state index in [-0.39, 0.29) is 23.9 Å². The van der Waals surface area contributed by atoms with Gasteiger partial charge < -0.3 is 14.6 Å². The van der Waals surface area contributed by atoms with Crippen LogP contribution < -0.4 is 4.74 Å². The molecule has 1 N–H and O–H groups in total. The summed E-state index contributed by atoms with van der Waals surface area (Å²) in [4.78, 5) is 12.2. The summed E-state index contributed by atoms with van der Waals surface area (Å²) in [6, 6.07) is 7.75. The fraction of sp³-hybridized carbons (Fsp3) is 0.118. The van der Waals surface area contributed by atoms with Crippen molar-refractivity contribution in [3.8, 4) is 11.5 Å². The molecule has 0 unspecified atom stereocenters. The number of carbonyl (C=O) groups excluding carboxylic acids is 1. The fourth-order valence-electron chi connectivity index (χ4n) is 2.27. The highest BCUT2D eigenvalue weighted by Gasteiger charge is 2.15. The zero-order valence-corrected chi connectivity index (χ0v) is 13.4. The van der Waals surface area contributed by atoms with Crippen LogP contribution in [-0.2, 0) is 11.3 Å². The number of allylic oxidation sites excluding steroid dienone is 1. The normalized spacial score (nSPS) is 13.7. The van der Waals surface area contributed by atoms with Gasteiger partial charge in [0.2, 0.25) is 0 Å². The zero-order chi connectivity index (χ0) is 16.4. The quantitative estimate of drug-likeness (QED) is 0.655. The number of hydrogen-bond acceptors (Lipinski definition) is 4. The predicted octanol–water partition coefficient (Wildman–Crippen LogP) is 4.46. The Bertz CT molecular complexity index is 799. The van der Waals surface area contributed by atoms with Crippen molar-refractivity contribution in [3.05, 3.63) is 63.1 Å². The zero-order valence-electron chi connectivity index (χ0n) is 11.9. The van der Waals surface area contributed by atoms with Gasteiger partial charge in [-0.2, -0.15) is 0 Å². The average Bonchev–Trinajstić information content (AvgIpc) is 2.54. The first-order valence-corrected chi connectivity index (χ1v) is 7.54. The van der Waals surface area contributed by atoms with Gasteiger partial charge >= 0.3 is 0 Å². The smallest absolute Gasteiger partial charge is 0.189 e. The fourth-order valence-corrected chi connectivity index (χ4v) is 2.66. The van der Waals surface area contributed by atoms with Crippen LogP contribution in [0.3, 0.4) is 0 Å². The Hall–Kier alpha value is -2.01. The molecule has 0 radical (unpaired) electrons. The molecule has 0 atom stereocenters. The van der Waals surface area contributed by atoms with Crippen LogP contribution in [0.25, 0.3) is 6.08 Å². The molecule has 2 aromatic carbocycles. The summed E-state index contributed by atoms with van der Waals surface area (Å²) in [6.07, 6.45) is 2.97. The molecule has 0 bridgehead atoms. The lowest BCUT2D eigenvalue weighted by Crippen LogP contribution is -2.12. The van der Waals surface area contributed by atoms with E-state index in [1.807, 2.05) is 0 Å². The van der Waals surface area contributed by atoms with E-state index in [9.17, 15) is 9.90 Å². The second kappa shape index (κ2) is 6.62. The molecule has 0 amide bonds. The highest BCUT2D eigenvalue weighted by molar-refractivity contribution is 6.31. The number of benzene rings is 2. The lowest BCUT2D eigenvalue weighted by molar-refractivity contribution is -0.0164. The van der Waals surface area contributed by atoms with Crippen LogP contribution in [-0.4, -0.2) is 17.7 Å². The molecule has 0 saturated heterocycles. The number of aromatic hydroxyl groups is 1. The molecule has 0 aliphatic carbocycles. The van der Waals surface area contributed by atoms with Crippen LogP contribution in [0.4, 0.5) is 0 Å². The second-order valence-corrected chi connectivity index (χ2v) is 5.81. The molecule has 0 fully saturated rings. The molecule has 4 nitrogen and oxygen atoms in total. The molecule has 1 aliphatic rings. The van der Waals surface area contributed by atoms with Crippen LogP contribution in [0.1, 0.15) is 21.5 Å². The minimum atomic E-state index is -0.364. The van der Waals surface area contributed by atoms with Crippen molar-refractivity contribution in [1.82, 2.24) is 0 Å². The van der Waals surface area contributed by atoms with Crippen molar-refractivity contribution in [2.75, 3.05) is 6.79 Å². The van der Waals surface area contributed by atoms with E-state index in [4.69, 9.17) is 32.7 Å². The van der Waals surface area contributed by atoms with Gasteiger partial charge in [0.25, 0.3) is 0 Å². The van der Waals surface area contributed by atoms with Crippen molar-refractivity contribution in [3.63, 3.8) is 0 Å². The van der Waals surface area contributed by atoms with Gasteiger partial charge in [0, 0.05) is 15.6 Å². The Labute approximate surface area is 142 Å². The van der Waals surface area contributed by atoms with Gasteiger partial charge in [0.1, 0.15) is 11.5 Å². The summed E-state index contributed by atoms with van der Waals surface area (Å²) < 4.78 is 10.6. The lowest BCUT2D eigenvalue weighted by Gasteiger charge is -2.19. The Morgan fingerprint density at radius 1 is 1.17 bits per heavy atom. The van der Waals surface area contributed by atoms with E-state index >= 15 is 0 Å². The summed E-state index contributed by atoms with van der Waals surface area (Å²) in [5, 5.41) is 10.6. The Morgan fingerprint density at radius 3 is 2.83 bits per heavy atom. The van der Waals surface area contributed by atoms with Crippen LogP contribution in [0.5, 0.6) is 11.5 Å². The largest absolute Gasteiger partial charge is 0.507 e. The van der Waals surface area contributed by atoms with E-state index in [0.717, 1.165) is 11.1 Å². The van der Waals surface area contributed by atoms with Crippen LogP contribution in [0, 0.1) is 0 Å². The van der Waals surface area contributed by atoms with E-state index in [2.05, 4.69) is 0 Å². The van der Waals surface area contributed by atoms with Crippen molar-refractivity contribution in [2.24, 2.45) is 0 Å². The van der Waals surface area contributed by atoms with Gasteiger partial charge in [0.05, 0.1) is 12.2 Å². The first-order valence-electron chi connectivity index (χ1n) is 6.78. The van der Waals surface area contributed by atoms with E-state index < -0.39 is 0 Å². The lowest BCUT2D eigenvalue weighted by atomic mass is 10.0. The number of carbonyl (C=O) groups is 1. The van der Waals surface area contributed by atoms with Crippen molar-refractivity contribution in [2.45, 2.75) is 6.61 Å². The van der Waals surface area contributed by atoms with Gasteiger partial charge in [-0.1, -0.05) is 29.3 Å². The maximum absolute atomic E-state index is 12.2. The number of rotatable bonds is 3. The highest BCUT2D eigenvalue weighted by Crippen LogP contribution is 2.32. The summed E-state index contributed by atoms with van der Waals surface area (Å²) in [5.41, 5.74) is 1.68. The summed E-state index contributed by atoms with van der Waals surface area (Å²) in [6.45, 7) is 0.550. The van der Waals surface area contributed by atoms with Crippen molar-refractivity contribution >= 4 is 35.1 Å². The predicted molar refractivity (Wildman–Crippen MR) is 88.2 cm³/mol. The van der Waals surface area contributed by atoms with Gasteiger partial charge in [-0.3, -0.25) is 4.79 Å². The summed E-state index contributed by atoms with van der Waals surface area (Å²) in [5.74, 6) is 0.154. The number of ether oxygens (including phenoxy) is 2. The molecule has 2 aromatic rings. The number of halogens is 2. The number of phenols is 1. The third-order valence-corrected chi connectivity index (χ3v) is 3.84. The molecule has 0 aromatic heterocycles. The standard InChI is InChI=1S/C17H12Cl2O4/c18-11-2-4-16(21)13(6-11)15(20)3-1-10-5-12(19)7-17-14(10)8-22-9-23-17/h1-7,21H,8-9H2/b3-1+. The maximum atomic E-state index is 12.2.